The Bertz CT molecular complexity index is 468. The molecule has 104 valence electrons. The summed E-state index contributed by atoms with van der Waals surface area (Å²) in [4.78, 5) is 10.2. The summed E-state index contributed by atoms with van der Waals surface area (Å²) >= 11 is 1.66. The Morgan fingerprint density at radius 1 is 1.32 bits per heavy atom. The van der Waals surface area contributed by atoms with Crippen molar-refractivity contribution >= 4 is 22.5 Å². The van der Waals surface area contributed by atoms with Gasteiger partial charge in [-0.1, -0.05) is 11.8 Å². The fraction of sp³-hybridized carbons (Fsp3) is 0.417. The van der Waals surface area contributed by atoms with E-state index >= 15 is 0 Å². The highest BCUT2D eigenvalue weighted by Crippen LogP contribution is 2.17. The van der Waals surface area contributed by atoms with Crippen molar-refractivity contribution in [2.75, 3.05) is 32.6 Å². The van der Waals surface area contributed by atoms with Gasteiger partial charge in [0.2, 0.25) is 5.04 Å². The Morgan fingerprint density at radius 3 is 2.37 bits per heavy atom. The fourth-order valence-corrected chi connectivity index (χ4v) is 2.73. The third kappa shape index (κ3) is 4.15. The van der Waals surface area contributed by atoms with Crippen molar-refractivity contribution in [3.05, 3.63) is 39.9 Å². The maximum Gasteiger partial charge on any atom is 0.269 e. The first-order chi connectivity index (χ1) is 8.72. The van der Waals surface area contributed by atoms with Crippen LogP contribution in [0, 0.1) is 10.1 Å². The summed E-state index contributed by atoms with van der Waals surface area (Å²) in [6.07, 6.45) is 2.02. The molecule has 5 nitrogen and oxygen atoms in total. The number of nitrogens with zero attached hydrogens (tertiary/aromatic N) is 2. The molecule has 1 heterocycles. The summed E-state index contributed by atoms with van der Waals surface area (Å²) in [5.41, 5.74) is 1.15. The van der Waals surface area contributed by atoms with Crippen molar-refractivity contribution in [1.82, 2.24) is 0 Å². The predicted octanol–water partition coefficient (Wildman–Crippen LogP) is -1.25. The van der Waals surface area contributed by atoms with Gasteiger partial charge in [0.15, 0.2) is 13.1 Å². The number of thioether (sulfide) groups is 1. The molecule has 1 aliphatic rings. The molecule has 0 N–H and O–H groups in total. The normalized spacial score (nSPS) is 14.7. The van der Waals surface area contributed by atoms with Gasteiger partial charge in [0, 0.05) is 12.1 Å². The molecule has 0 amide bonds. The van der Waals surface area contributed by atoms with E-state index in [1.54, 1.807) is 36.0 Å². The smallest absolute Gasteiger partial charge is 0.269 e. The van der Waals surface area contributed by atoms with Gasteiger partial charge in [-0.2, -0.15) is 0 Å². The van der Waals surface area contributed by atoms with Crippen LogP contribution in [0.2, 0.25) is 0 Å². The van der Waals surface area contributed by atoms with E-state index in [0.717, 1.165) is 36.9 Å². The molecular formula is C12H15IN2O3S. The van der Waals surface area contributed by atoms with Gasteiger partial charge in [-0.15, -0.1) is 0 Å². The van der Waals surface area contributed by atoms with Gasteiger partial charge >= 0.3 is 0 Å². The SMILES string of the molecule is CSC(c1ccc([N+](=O)[O-])cc1)=[N+]1CCOCC1.[I-]. The van der Waals surface area contributed by atoms with E-state index in [4.69, 9.17) is 4.74 Å². The number of morpholine rings is 1. The fourth-order valence-electron chi connectivity index (χ4n) is 1.92. The highest BCUT2D eigenvalue weighted by Gasteiger charge is 2.20. The number of rotatable bonds is 2. The number of non-ortho nitro benzene ring substituents is 1. The standard InChI is InChI=1S/C12H15N2O3S.HI/c1-18-12(13-6-8-17-9-7-13)10-2-4-11(5-3-10)14(15)16;/h2-5H,6-9H2,1H3;1H/q+1;/p-1. The zero-order valence-corrected chi connectivity index (χ0v) is 13.5. The second-order valence-corrected chi connectivity index (χ2v) is 4.71. The van der Waals surface area contributed by atoms with Gasteiger partial charge < -0.3 is 28.7 Å². The second kappa shape index (κ2) is 7.81. The van der Waals surface area contributed by atoms with Gasteiger partial charge in [0.1, 0.15) is 13.2 Å². The van der Waals surface area contributed by atoms with E-state index in [0.29, 0.717) is 0 Å². The first-order valence-corrected chi connectivity index (χ1v) is 6.93. The Morgan fingerprint density at radius 2 is 1.89 bits per heavy atom. The van der Waals surface area contributed by atoms with Crippen molar-refractivity contribution in [2.45, 2.75) is 0 Å². The molecule has 0 atom stereocenters. The van der Waals surface area contributed by atoms with Crippen LogP contribution in [0.1, 0.15) is 5.56 Å². The molecule has 19 heavy (non-hydrogen) atoms. The molecule has 0 bridgehead atoms. The zero-order chi connectivity index (χ0) is 13.0. The number of hydrogen-bond donors (Lipinski definition) is 0. The molecule has 1 fully saturated rings. The molecule has 0 unspecified atom stereocenters. The highest BCUT2D eigenvalue weighted by atomic mass is 127. The molecule has 1 aromatic carbocycles. The Kier molecular flexibility index (Phi) is 6.73. The van der Waals surface area contributed by atoms with E-state index < -0.39 is 0 Å². The molecule has 0 aliphatic carbocycles. The molecule has 0 spiro atoms. The van der Waals surface area contributed by atoms with Crippen LogP contribution in [0.25, 0.3) is 0 Å². The molecule has 0 saturated carbocycles. The summed E-state index contributed by atoms with van der Waals surface area (Å²) in [7, 11) is 0. The Hall–Kier alpha value is -0.670. The molecule has 0 aromatic heterocycles. The highest BCUT2D eigenvalue weighted by molar-refractivity contribution is 8.13. The summed E-state index contributed by atoms with van der Waals surface area (Å²) in [5, 5.41) is 11.8. The van der Waals surface area contributed by atoms with Gasteiger partial charge in [-0.3, -0.25) is 10.1 Å². The van der Waals surface area contributed by atoms with Crippen LogP contribution in [0.15, 0.2) is 24.3 Å². The lowest BCUT2D eigenvalue weighted by atomic mass is 10.2. The van der Waals surface area contributed by atoms with Crippen LogP contribution in [0.3, 0.4) is 0 Å². The monoisotopic (exact) mass is 394 g/mol. The summed E-state index contributed by atoms with van der Waals surface area (Å²) in [6.45, 7) is 3.20. The number of ether oxygens (including phenoxy) is 1. The average molecular weight is 394 g/mol. The Labute approximate surface area is 133 Å². The lowest BCUT2D eigenvalue weighted by Gasteiger charge is -2.13. The summed E-state index contributed by atoms with van der Waals surface area (Å²) in [5.74, 6) is 0. The van der Waals surface area contributed by atoms with Gasteiger partial charge in [-0.25, -0.2) is 4.58 Å². The number of halogens is 1. The Balaban J connectivity index is 0.00000180. The van der Waals surface area contributed by atoms with Crippen LogP contribution in [0.4, 0.5) is 5.69 Å². The van der Waals surface area contributed by atoms with Gasteiger partial charge in [-0.05, 0) is 18.4 Å². The topological polar surface area (TPSA) is 55.4 Å². The third-order valence-corrected chi connectivity index (χ3v) is 3.70. The van der Waals surface area contributed by atoms with Crippen molar-refractivity contribution in [1.29, 1.82) is 0 Å². The first kappa shape index (κ1) is 16.4. The maximum absolute atomic E-state index is 10.6. The van der Waals surface area contributed by atoms with Crippen LogP contribution >= 0.6 is 11.8 Å². The van der Waals surface area contributed by atoms with E-state index in [-0.39, 0.29) is 34.6 Å². The largest absolute Gasteiger partial charge is 1.00 e. The van der Waals surface area contributed by atoms with E-state index in [1.165, 1.54) is 0 Å². The van der Waals surface area contributed by atoms with E-state index in [9.17, 15) is 10.1 Å². The van der Waals surface area contributed by atoms with E-state index in [2.05, 4.69) is 4.58 Å². The second-order valence-electron chi connectivity index (χ2n) is 3.91. The molecule has 2 rings (SSSR count). The first-order valence-electron chi connectivity index (χ1n) is 5.71. The molecular weight excluding hydrogens is 379 g/mol. The molecule has 1 aromatic rings. The quantitative estimate of drug-likeness (QED) is 0.207. The van der Waals surface area contributed by atoms with Crippen LogP contribution in [0.5, 0.6) is 0 Å². The van der Waals surface area contributed by atoms with Crippen molar-refractivity contribution < 1.29 is 38.2 Å². The van der Waals surface area contributed by atoms with Gasteiger partial charge in [0.05, 0.1) is 10.5 Å². The zero-order valence-electron chi connectivity index (χ0n) is 10.5. The van der Waals surface area contributed by atoms with Crippen LogP contribution < -0.4 is 24.0 Å². The molecule has 7 heteroatoms. The molecule has 0 radical (unpaired) electrons. The van der Waals surface area contributed by atoms with Crippen LogP contribution in [-0.4, -0.2) is 47.1 Å². The van der Waals surface area contributed by atoms with E-state index in [1.807, 2.05) is 6.26 Å². The average Bonchev–Trinajstić information content (AvgIpc) is 2.41. The van der Waals surface area contributed by atoms with Crippen molar-refractivity contribution in [3.8, 4) is 0 Å². The molecule has 1 aliphatic heterocycles. The summed E-state index contributed by atoms with van der Waals surface area (Å²) < 4.78 is 7.59. The minimum Gasteiger partial charge on any atom is -1.00 e. The van der Waals surface area contributed by atoms with Gasteiger partial charge in [0.25, 0.3) is 5.69 Å². The molecule has 1 saturated heterocycles. The minimum atomic E-state index is -0.378. The van der Waals surface area contributed by atoms with Crippen LogP contribution in [-0.2, 0) is 4.74 Å². The summed E-state index contributed by atoms with van der Waals surface area (Å²) in [6, 6.07) is 6.71. The lowest BCUT2D eigenvalue weighted by Crippen LogP contribution is -3.00. The van der Waals surface area contributed by atoms with Crippen molar-refractivity contribution in [3.63, 3.8) is 0 Å². The number of benzene rings is 1. The minimum absolute atomic E-state index is 0. The third-order valence-electron chi connectivity index (χ3n) is 2.82. The van der Waals surface area contributed by atoms with Crippen molar-refractivity contribution in [2.24, 2.45) is 0 Å². The number of nitro groups is 1. The number of nitro benzene ring substituents is 1. The predicted molar refractivity (Wildman–Crippen MR) is 71.5 cm³/mol. The number of hydrogen-bond acceptors (Lipinski definition) is 4. The lowest BCUT2D eigenvalue weighted by molar-refractivity contribution is -0.546. The maximum atomic E-state index is 10.6.